The van der Waals surface area contributed by atoms with Crippen molar-refractivity contribution in [3.8, 4) is 5.75 Å². The Hall–Kier alpha value is -4.47. The lowest BCUT2D eigenvalue weighted by atomic mass is 10.1. The van der Waals surface area contributed by atoms with Crippen LogP contribution < -0.4 is 21.9 Å². The van der Waals surface area contributed by atoms with Gasteiger partial charge in [0.1, 0.15) is 5.75 Å². The molecule has 0 radical (unpaired) electrons. The molecule has 10 heteroatoms. The molecule has 6 N–H and O–H groups in total. The molecule has 0 atom stereocenters. The van der Waals surface area contributed by atoms with Crippen LogP contribution in [0.1, 0.15) is 21.6 Å². The Morgan fingerprint density at radius 3 is 2.56 bits per heavy atom. The zero-order valence-corrected chi connectivity index (χ0v) is 17.0. The summed E-state index contributed by atoms with van der Waals surface area (Å²) >= 11 is 0. The molecule has 0 aliphatic rings. The summed E-state index contributed by atoms with van der Waals surface area (Å²) in [4.78, 5) is 39.0. The molecule has 0 aliphatic heterocycles. The van der Waals surface area contributed by atoms with E-state index in [0.29, 0.717) is 30.8 Å². The van der Waals surface area contributed by atoms with Gasteiger partial charge in [0.05, 0.1) is 18.4 Å². The van der Waals surface area contributed by atoms with Crippen molar-refractivity contribution >= 4 is 28.7 Å². The van der Waals surface area contributed by atoms with Crippen LogP contribution in [-0.4, -0.2) is 37.5 Å². The first-order valence-electron chi connectivity index (χ1n) is 9.89. The van der Waals surface area contributed by atoms with Gasteiger partial charge in [0, 0.05) is 17.8 Å². The normalized spacial score (nSPS) is 10.8. The second-order valence-corrected chi connectivity index (χ2v) is 7.09. The number of nitrogens with zero attached hydrogens (tertiary/aromatic N) is 3. The van der Waals surface area contributed by atoms with Crippen LogP contribution in [0.2, 0.25) is 0 Å². The molecule has 162 valence electrons. The number of carbonyl (C=O) groups is 1. The number of aromatic hydroxyl groups is 1. The Labute approximate surface area is 182 Å². The lowest BCUT2D eigenvalue weighted by Gasteiger charge is -2.09. The van der Waals surface area contributed by atoms with Crippen LogP contribution in [-0.2, 0) is 13.0 Å². The number of fused-ring (bicyclic) bond motifs is 1. The standard InChI is InChI=1S/C22H21N7O3/c23-22-28-19-18(21(32)29-22)27-16(12-26-19)11-25-15-5-3-14(4-6-15)20(31)24-10-9-13-1-7-17(30)8-2-13/h1-8,12,25,30H,9-11H2,(H,24,31)(H3,23,26,28,29,32). The number of nitrogens with two attached hydrogens (primary N) is 1. The predicted molar refractivity (Wildman–Crippen MR) is 120 cm³/mol. The molecular weight excluding hydrogens is 410 g/mol. The fourth-order valence-corrected chi connectivity index (χ4v) is 3.07. The Bertz CT molecular complexity index is 1300. The smallest absolute Gasteiger partial charge is 0.280 e. The Morgan fingerprint density at radius 2 is 1.81 bits per heavy atom. The summed E-state index contributed by atoms with van der Waals surface area (Å²) in [5, 5.41) is 15.4. The minimum absolute atomic E-state index is 0.00726. The predicted octanol–water partition coefficient (Wildman–Crippen LogP) is 1.59. The van der Waals surface area contributed by atoms with Gasteiger partial charge in [0.15, 0.2) is 11.2 Å². The van der Waals surface area contributed by atoms with Crippen LogP contribution in [0.4, 0.5) is 11.6 Å². The summed E-state index contributed by atoms with van der Waals surface area (Å²) in [6.45, 7) is 0.828. The SMILES string of the molecule is Nc1nc2ncc(CNc3ccc(C(=O)NCCc4ccc(O)cc4)cc3)nc2c(=O)[nH]1. The number of hydrogen-bond acceptors (Lipinski definition) is 8. The number of phenols is 1. The number of nitrogens with one attached hydrogen (secondary N) is 3. The van der Waals surface area contributed by atoms with E-state index >= 15 is 0 Å². The number of anilines is 2. The van der Waals surface area contributed by atoms with Crippen molar-refractivity contribution < 1.29 is 9.90 Å². The lowest BCUT2D eigenvalue weighted by Crippen LogP contribution is -2.25. The molecule has 2 heterocycles. The molecule has 4 aromatic rings. The van der Waals surface area contributed by atoms with E-state index in [4.69, 9.17) is 5.73 Å². The number of rotatable bonds is 7. The molecular formula is C22H21N7O3. The topological polar surface area (TPSA) is 159 Å². The van der Waals surface area contributed by atoms with Crippen LogP contribution in [0.3, 0.4) is 0 Å². The van der Waals surface area contributed by atoms with E-state index in [2.05, 4.69) is 30.6 Å². The van der Waals surface area contributed by atoms with Crippen molar-refractivity contribution in [1.82, 2.24) is 25.3 Å². The molecule has 32 heavy (non-hydrogen) atoms. The highest BCUT2D eigenvalue weighted by molar-refractivity contribution is 5.94. The fourth-order valence-electron chi connectivity index (χ4n) is 3.07. The van der Waals surface area contributed by atoms with Crippen LogP contribution in [0, 0.1) is 0 Å². The van der Waals surface area contributed by atoms with E-state index in [9.17, 15) is 14.7 Å². The first kappa shape index (κ1) is 20.8. The summed E-state index contributed by atoms with van der Waals surface area (Å²) in [7, 11) is 0. The van der Waals surface area contributed by atoms with E-state index in [1.54, 1.807) is 36.4 Å². The summed E-state index contributed by atoms with van der Waals surface area (Å²) in [5.41, 5.74) is 8.30. The first-order valence-corrected chi connectivity index (χ1v) is 9.89. The van der Waals surface area contributed by atoms with Crippen LogP contribution >= 0.6 is 0 Å². The Balaban J connectivity index is 1.31. The summed E-state index contributed by atoms with van der Waals surface area (Å²) in [6, 6.07) is 13.9. The number of H-pyrrole nitrogens is 1. The quantitative estimate of drug-likeness (QED) is 0.295. The number of hydrogen-bond donors (Lipinski definition) is 5. The van der Waals surface area contributed by atoms with E-state index < -0.39 is 5.56 Å². The molecule has 4 rings (SSSR count). The molecule has 0 saturated heterocycles. The highest BCUT2D eigenvalue weighted by Crippen LogP contribution is 2.12. The number of nitrogen functional groups attached to an aromatic ring is 1. The monoisotopic (exact) mass is 431 g/mol. The van der Waals surface area contributed by atoms with E-state index in [-0.39, 0.29) is 28.8 Å². The number of benzene rings is 2. The Kier molecular flexibility index (Phi) is 5.93. The minimum atomic E-state index is -0.442. The summed E-state index contributed by atoms with van der Waals surface area (Å²) in [6.07, 6.45) is 2.19. The van der Waals surface area contributed by atoms with Gasteiger partial charge in [-0.2, -0.15) is 4.98 Å². The second-order valence-electron chi connectivity index (χ2n) is 7.09. The van der Waals surface area contributed by atoms with E-state index in [1.165, 1.54) is 6.20 Å². The highest BCUT2D eigenvalue weighted by Gasteiger charge is 2.08. The molecule has 2 aromatic heterocycles. The third-order valence-electron chi connectivity index (χ3n) is 4.74. The van der Waals surface area contributed by atoms with Gasteiger partial charge in [-0.1, -0.05) is 12.1 Å². The van der Waals surface area contributed by atoms with Gasteiger partial charge in [-0.05, 0) is 48.4 Å². The van der Waals surface area contributed by atoms with Gasteiger partial charge in [0.2, 0.25) is 5.95 Å². The Morgan fingerprint density at radius 1 is 1.06 bits per heavy atom. The summed E-state index contributed by atoms with van der Waals surface area (Å²) in [5.74, 6) is 0.0453. The molecule has 0 fully saturated rings. The molecule has 1 amide bonds. The average Bonchev–Trinajstić information content (AvgIpc) is 2.79. The number of carbonyl (C=O) groups excluding carboxylic acids is 1. The zero-order valence-electron chi connectivity index (χ0n) is 17.0. The fraction of sp³-hybridized carbons (Fsp3) is 0.136. The third-order valence-corrected chi connectivity index (χ3v) is 4.74. The highest BCUT2D eigenvalue weighted by atomic mass is 16.3. The molecule has 10 nitrogen and oxygen atoms in total. The number of phenolic OH excluding ortho intramolecular Hbond substituents is 1. The van der Waals surface area contributed by atoms with E-state index in [1.807, 2.05) is 12.1 Å². The number of aromatic amines is 1. The van der Waals surface area contributed by atoms with Crippen molar-refractivity contribution in [3.63, 3.8) is 0 Å². The van der Waals surface area contributed by atoms with Crippen LogP contribution in [0.5, 0.6) is 5.75 Å². The molecule has 0 unspecified atom stereocenters. The number of aromatic nitrogens is 4. The molecule has 0 saturated carbocycles. The van der Waals surface area contributed by atoms with Crippen molar-refractivity contribution in [1.29, 1.82) is 0 Å². The van der Waals surface area contributed by atoms with Gasteiger partial charge >= 0.3 is 0 Å². The lowest BCUT2D eigenvalue weighted by molar-refractivity contribution is 0.0954. The molecule has 0 aliphatic carbocycles. The second kappa shape index (κ2) is 9.13. The maximum absolute atomic E-state index is 12.3. The van der Waals surface area contributed by atoms with Crippen molar-refractivity contribution in [2.45, 2.75) is 13.0 Å². The largest absolute Gasteiger partial charge is 0.508 e. The first-order chi connectivity index (χ1) is 15.5. The van der Waals surface area contributed by atoms with Gasteiger partial charge in [-0.3, -0.25) is 14.6 Å². The molecule has 0 bridgehead atoms. The van der Waals surface area contributed by atoms with Crippen molar-refractivity contribution in [2.24, 2.45) is 0 Å². The van der Waals surface area contributed by atoms with Crippen LogP contribution in [0.25, 0.3) is 11.2 Å². The molecule has 2 aromatic carbocycles. The maximum Gasteiger partial charge on any atom is 0.280 e. The number of amides is 1. The summed E-state index contributed by atoms with van der Waals surface area (Å²) < 4.78 is 0. The van der Waals surface area contributed by atoms with Gasteiger partial charge in [-0.25, -0.2) is 9.97 Å². The molecule has 0 spiro atoms. The van der Waals surface area contributed by atoms with Crippen LogP contribution in [0.15, 0.2) is 59.5 Å². The third kappa shape index (κ3) is 4.98. The maximum atomic E-state index is 12.3. The van der Waals surface area contributed by atoms with Crippen molar-refractivity contribution in [3.05, 3.63) is 81.9 Å². The van der Waals surface area contributed by atoms with Crippen molar-refractivity contribution in [2.75, 3.05) is 17.6 Å². The average molecular weight is 431 g/mol. The van der Waals surface area contributed by atoms with E-state index in [0.717, 1.165) is 11.3 Å². The zero-order chi connectivity index (χ0) is 22.5. The van der Waals surface area contributed by atoms with Gasteiger partial charge in [0.25, 0.3) is 11.5 Å². The minimum Gasteiger partial charge on any atom is -0.508 e. The van der Waals surface area contributed by atoms with Gasteiger partial charge in [-0.15, -0.1) is 0 Å². The van der Waals surface area contributed by atoms with Gasteiger partial charge < -0.3 is 21.5 Å².